The first-order valence-corrected chi connectivity index (χ1v) is 11.3. The van der Waals surface area contributed by atoms with Crippen molar-refractivity contribution in [3.8, 4) is 0 Å². The standard InChI is InChI=1S/C24H37N3O3/c1-14(2)26-22(29)15(3)18-6-10-24(5)11-7-19(16(4)20(24)21(18)28)27-23(30)17-8-12-25-13-9-17/h8-9,12-16,18-21,28H,6-7,10-11H2,1-5H3,(H,26,29)(H,27,30)/t15-,16+,18+,19-,20+,21-,24-/m0/s1. The first kappa shape index (κ1) is 22.7. The molecule has 166 valence electrons. The summed E-state index contributed by atoms with van der Waals surface area (Å²) in [6, 6.07) is 3.53. The fraction of sp³-hybridized carbons (Fsp3) is 0.708. The molecule has 2 amide bonds. The Balaban J connectivity index is 1.74. The predicted molar refractivity (Wildman–Crippen MR) is 117 cm³/mol. The van der Waals surface area contributed by atoms with E-state index in [1.165, 1.54) is 0 Å². The molecule has 2 fully saturated rings. The Hall–Kier alpha value is -1.95. The van der Waals surface area contributed by atoms with Gasteiger partial charge in [0.1, 0.15) is 0 Å². The zero-order valence-corrected chi connectivity index (χ0v) is 18.9. The van der Waals surface area contributed by atoms with Crippen LogP contribution in [0.4, 0.5) is 0 Å². The number of aliphatic hydroxyl groups excluding tert-OH is 1. The summed E-state index contributed by atoms with van der Waals surface area (Å²) in [5.74, 6) is -0.173. The van der Waals surface area contributed by atoms with E-state index in [9.17, 15) is 14.7 Å². The van der Waals surface area contributed by atoms with Gasteiger partial charge in [0, 0.05) is 36.0 Å². The van der Waals surface area contributed by atoms with Gasteiger partial charge in [0.15, 0.2) is 0 Å². The third kappa shape index (κ3) is 4.53. The Morgan fingerprint density at radius 2 is 1.80 bits per heavy atom. The van der Waals surface area contributed by atoms with Gasteiger partial charge in [0.25, 0.3) is 5.91 Å². The molecule has 1 aromatic heterocycles. The lowest BCUT2D eigenvalue weighted by atomic mass is 9.51. The molecule has 0 aromatic carbocycles. The number of aromatic nitrogens is 1. The highest BCUT2D eigenvalue weighted by molar-refractivity contribution is 5.94. The van der Waals surface area contributed by atoms with Gasteiger partial charge in [-0.2, -0.15) is 0 Å². The highest BCUT2D eigenvalue weighted by Gasteiger charge is 2.53. The molecule has 0 saturated heterocycles. The van der Waals surface area contributed by atoms with E-state index in [1.54, 1.807) is 24.5 Å². The topological polar surface area (TPSA) is 91.3 Å². The summed E-state index contributed by atoms with van der Waals surface area (Å²) in [5, 5.41) is 17.6. The lowest BCUT2D eigenvalue weighted by Gasteiger charge is -2.56. The van der Waals surface area contributed by atoms with Crippen LogP contribution in [0, 0.1) is 29.1 Å². The Morgan fingerprint density at radius 1 is 1.17 bits per heavy atom. The number of aliphatic hydroxyl groups is 1. The number of rotatable bonds is 5. The van der Waals surface area contributed by atoms with Gasteiger partial charge in [-0.15, -0.1) is 0 Å². The minimum Gasteiger partial charge on any atom is -0.392 e. The highest BCUT2D eigenvalue weighted by Crippen LogP contribution is 2.55. The predicted octanol–water partition coefficient (Wildman–Crippen LogP) is 3.16. The van der Waals surface area contributed by atoms with E-state index < -0.39 is 6.10 Å². The molecule has 2 aliphatic carbocycles. The molecule has 30 heavy (non-hydrogen) atoms. The molecule has 3 N–H and O–H groups in total. The largest absolute Gasteiger partial charge is 0.392 e. The van der Waals surface area contributed by atoms with E-state index in [0.717, 1.165) is 25.7 Å². The molecule has 7 atom stereocenters. The van der Waals surface area contributed by atoms with Gasteiger partial charge < -0.3 is 15.7 Å². The molecule has 0 aliphatic heterocycles. The smallest absolute Gasteiger partial charge is 0.251 e. The maximum atomic E-state index is 12.7. The van der Waals surface area contributed by atoms with E-state index in [4.69, 9.17) is 0 Å². The SMILES string of the molecule is CC(C)NC(=O)[C@@H](C)[C@H]1CC[C@@]2(C)CC[C@H](NC(=O)c3ccncc3)[C@@H](C)[C@@H]2[C@H]1O. The molecule has 1 heterocycles. The Morgan fingerprint density at radius 3 is 2.43 bits per heavy atom. The van der Waals surface area contributed by atoms with Crippen molar-refractivity contribution in [1.82, 2.24) is 15.6 Å². The third-order valence-electron chi connectivity index (χ3n) is 7.63. The quantitative estimate of drug-likeness (QED) is 0.689. The molecule has 0 bridgehead atoms. The first-order chi connectivity index (χ1) is 14.1. The number of fused-ring (bicyclic) bond motifs is 1. The number of nitrogens with one attached hydrogen (secondary N) is 2. The second-order valence-corrected chi connectivity index (χ2v) is 10.0. The van der Waals surface area contributed by atoms with E-state index in [0.29, 0.717) is 5.56 Å². The van der Waals surface area contributed by atoms with Crippen molar-refractivity contribution < 1.29 is 14.7 Å². The van der Waals surface area contributed by atoms with Gasteiger partial charge in [-0.1, -0.05) is 20.8 Å². The van der Waals surface area contributed by atoms with Crippen LogP contribution < -0.4 is 10.6 Å². The van der Waals surface area contributed by atoms with Gasteiger partial charge in [-0.05, 0) is 74.8 Å². The van der Waals surface area contributed by atoms with E-state index in [-0.39, 0.29) is 53.0 Å². The molecule has 1 aromatic rings. The molecule has 2 aliphatic rings. The van der Waals surface area contributed by atoms with E-state index in [2.05, 4.69) is 29.5 Å². The van der Waals surface area contributed by atoms with Crippen molar-refractivity contribution in [3.63, 3.8) is 0 Å². The summed E-state index contributed by atoms with van der Waals surface area (Å²) in [5.41, 5.74) is 0.646. The van der Waals surface area contributed by atoms with Crippen molar-refractivity contribution in [1.29, 1.82) is 0 Å². The number of pyridine rings is 1. The Labute approximate surface area is 180 Å². The molecular formula is C24H37N3O3. The van der Waals surface area contributed by atoms with Crippen molar-refractivity contribution in [3.05, 3.63) is 30.1 Å². The summed E-state index contributed by atoms with van der Waals surface area (Å²) >= 11 is 0. The van der Waals surface area contributed by atoms with Crippen LogP contribution in [-0.4, -0.2) is 40.1 Å². The molecular weight excluding hydrogens is 378 g/mol. The fourth-order valence-corrected chi connectivity index (χ4v) is 5.86. The minimum absolute atomic E-state index is 0.0111. The van der Waals surface area contributed by atoms with Crippen LogP contribution in [0.25, 0.3) is 0 Å². The van der Waals surface area contributed by atoms with Gasteiger partial charge in [0.2, 0.25) is 5.91 Å². The number of amides is 2. The Kier molecular flexibility index (Phi) is 6.85. The molecule has 6 heteroatoms. The zero-order valence-electron chi connectivity index (χ0n) is 18.9. The normalized spacial score (nSPS) is 34.7. The molecule has 0 unspecified atom stereocenters. The lowest BCUT2D eigenvalue weighted by molar-refractivity contribution is -0.142. The molecule has 3 rings (SSSR count). The molecule has 2 saturated carbocycles. The van der Waals surface area contributed by atoms with E-state index >= 15 is 0 Å². The maximum absolute atomic E-state index is 12.7. The van der Waals surface area contributed by atoms with Crippen LogP contribution in [0.5, 0.6) is 0 Å². The van der Waals surface area contributed by atoms with Crippen LogP contribution >= 0.6 is 0 Å². The first-order valence-electron chi connectivity index (χ1n) is 11.3. The number of hydrogen-bond acceptors (Lipinski definition) is 4. The van der Waals surface area contributed by atoms with Crippen LogP contribution in [0.1, 0.15) is 70.7 Å². The van der Waals surface area contributed by atoms with Gasteiger partial charge in [-0.3, -0.25) is 14.6 Å². The number of carbonyl (C=O) groups is 2. The average Bonchev–Trinajstić information content (AvgIpc) is 2.70. The van der Waals surface area contributed by atoms with Gasteiger partial charge in [0.05, 0.1) is 6.10 Å². The summed E-state index contributed by atoms with van der Waals surface area (Å²) in [7, 11) is 0. The molecule has 0 radical (unpaired) electrons. The van der Waals surface area contributed by atoms with Crippen LogP contribution in [0.15, 0.2) is 24.5 Å². The van der Waals surface area contributed by atoms with Gasteiger partial charge >= 0.3 is 0 Å². The summed E-state index contributed by atoms with van der Waals surface area (Å²) < 4.78 is 0. The summed E-state index contributed by atoms with van der Waals surface area (Å²) in [6.07, 6.45) is 6.44. The Bertz CT molecular complexity index is 753. The van der Waals surface area contributed by atoms with Crippen LogP contribution in [-0.2, 0) is 4.79 Å². The number of hydrogen-bond donors (Lipinski definition) is 3. The van der Waals surface area contributed by atoms with Crippen molar-refractivity contribution in [2.45, 2.75) is 78.5 Å². The monoisotopic (exact) mass is 415 g/mol. The number of nitrogens with zero attached hydrogens (tertiary/aromatic N) is 1. The minimum atomic E-state index is -0.549. The third-order valence-corrected chi connectivity index (χ3v) is 7.63. The summed E-state index contributed by atoms with van der Waals surface area (Å²) in [4.78, 5) is 29.3. The van der Waals surface area contributed by atoms with Gasteiger partial charge in [-0.25, -0.2) is 0 Å². The van der Waals surface area contributed by atoms with Crippen LogP contribution in [0.2, 0.25) is 0 Å². The fourth-order valence-electron chi connectivity index (χ4n) is 5.86. The number of carbonyl (C=O) groups excluding carboxylic acids is 2. The molecule has 0 spiro atoms. The van der Waals surface area contributed by atoms with E-state index in [1.807, 2.05) is 20.8 Å². The van der Waals surface area contributed by atoms with Crippen molar-refractivity contribution in [2.24, 2.45) is 29.1 Å². The maximum Gasteiger partial charge on any atom is 0.251 e. The lowest BCUT2D eigenvalue weighted by Crippen LogP contribution is -2.58. The second-order valence-electron chi connectivity index (χ2n) is 10.0. The average molecular weight is 416 g/mol. The van der Waals surface area contributed by atoms with Crippen molar-refractivity contribution in [2.75, 3.05) is 0 Å². The van der Waals surface area contributed by atoms with Crippen molar-refractivity contribution >= 4 is 11.8 Å². The molecule has 6 nitrogen and oxygen atoms in total. The summed E-state index contributed by atoms with van der Waals surface area (Å²) in [6.45, 7) is 10.3. The zero-order chi connectivity index (χ0) is 22.1. The highest BCUT2D eigenvalue weighted by atomic mass is 16.3. The van der Waals surface area contributed by atoms with Crippen LogP contribution in [0.3, 0.4) is 0 Å². The second kappa shape index (κ2) is 9.04.